The zero-order valence-corrected chi connectivity index (χ0v) is 14.1. The van der Waals surface area contributed by atoms with E-state index in [9.17, 15) is 0 Å². The second-order valence-electron chi connectivity index (χ2n) is 5.19. The molecular weight excluding hydrogens is 303 g/mol. The standard InChI is InChI=1S/C17H20Cl2N2/c1-4-20-17(14-7-5-11(2)21-12(14)3)10-13-6-8-15(18)16(19)9-13/h5-9,17,20H,4,10H2,1-3H3. The second kappa shape index (κ2) is 7.26. The van der Waals surface area contributed by atoms with Crippen molar-refractivity contribution in [2.75, 3.05) is 6.54 Å². The molecule has 0 saturated heterocycles. The summed E-state index contributed by atoms with van der Waals surface area (Å²) >= 11 is 12.1. The number of aromatic nitrogens is 1. The van der Waals surface area contributed by atoms with Crippen LogP contribution in [-0.4, -0.2) is 11.5 Å². The number of likely N-dealkylation sites (N-methyl/N-ethyl adjacent to an activating group) is 1. The Morgan fingerprint density at radius 2 is 1.86 bits per heavy atom. The van der Waals surface area contributed by atoms with Gasteiger partial charge in [0.2, 0.25) is 0 Å². The van der Waals surface area contributed by atoms with Gasteiger partial charge in [-0.3, -0.25) is 4.98 Å². The van der Waals surface area contributed by atoms with Gasteiger partial charge in [-0.05, 0) is 56.1 Å². The van der Waals surface area contributed by atoms with Crippen molar-refractivity contribution >= 4 is 23.2 Å². The van der Waals surface area contributed by atoms with Crippen molar-refractivity contribution in [3.8, 4) is 0 Å². The average Bonchev–Trinajstić information content (AvgIpc) is 2.42. The van der Waals surface area contributed by atoms with Crippen molar-refractivity contribution in [1.82, 2.24) is 10.3 Å². The third kappa shape index (κ3) is 4.19. The van der Waals surface area contributed by atoms with Gasteiger partial charge in [0.1, 0.15) is 0 Å². The number of hydrogen-bond acceptors (Lipinski definition) is 2. The monoisotopic (exact) mass is 322 g/mol. The number of hydrogen-bond donors (Lipinski definition) is 1. The number of nitrogens with one attached hydrogen (secondary N) is 1. The van der Waals surface area contributed by atoms with Crippen LogP contribution in [0, 0.1) is 13.8 Å². The molecule has 0 spiro atoms. The maximum Gasteiger partial charge on any atom is 0.0595 e. The Bertz CT molecular complexity index is 626. The predicted octanol–water partition coefficient (Wildman–Crippen LogP) is 4.90. The van der Waals surface area contributed by atoms with Crippen LogP contribution in [0.5, 0.6) is 0 Å². The normalized spacial score (nSPS) is 12.4. The molecule has 2 nitrogen and oxygen atoms in total. The molecule has 1 unspecified atom stereocenters. The fourth-order valence-corrected chi connectivity index (χ4v) is 2.83. The summed E-state index contributed by atoms with van der Waals surface area (Å²) in [6, 6.07) is 10.2. The molecule has 2 rings (SSSR count). The fourth-order valence-electron chi connectivity index (χ4n) is 2.51. The minimum atomic E-state index is 0.223. The molecule has 1 atom stereocenters. The van der Waals surface area contributed by atoms with Gasteiger partial charge in [-0.15, -0.1) is 0 Å². The fraction of sp³-hybridized carbons (Fsp3) is 0.353. The van der Waals surface area contributed by atoms with E-state index in [1.165, 1.54) is 5.56 Å². The van der Waals surface area contributed by atoms with Crippen LogP contribution in [0.3, 0.4) is 0 Å². The zero-order valence-electron chi connectivity index (χ0n) is 12.6. The molecule has 0 radical (unpaired) electrons. The Morgan fingerprint density at radius 3 is 2.48 bits per heavy atom. The maximum atomic E-state index is 6.11. The lowest BCUT2D eigenvalue weighted by Gasteiger charge is -2.20. The molecule has 0 fully saturated rings. The Labute approximate surface area is 136 Å². The van der Waals surface area contributed by atoms with Crippen LogP contribution in [-0.2, 0) is 6.42 Å². The van der Waals surface area contributed by atoms with Crippen molar-refractivity contribution < 1.29 is 0 Å². The van der Waals surface area contributed by atoms with Gasteiger partial charge < -0.3 is 5.32 Å². The number of halogens is 2. The van der Waals surface area contributed by atoms with Crippen molar-refractivity contribution in [3.63, 3.8) is 0 Å². The van der Waals surface area contributed by atoms with Gasteiger partial charge in [-0.1, -0.05) is 42.3 Å². The van der Waals surface area contributed by atoms with Gasteiger partial charge in [0.25, 0.3) is 0 Å². The Hall–Kier alpha value is -1.09. The number of nitrogens with zero attached hydrogens (tertiary/aromatic N) is 1. The van der Waals surface area contributed by atoms with Crippen LogP contribution in [0.15, 0.2) is 30.3 Å². The first-order chi connectivity index (χ1) is 10.0. The molecule has 1 heterocycles. The van der Waals surface area contributed by atoms with Gasteiger partial charge in [-0.2, -0.15) is 0 Å². The zero-order chi connectivity index (χ0) is 15.4. The summed E-state index contributed by atoms with van der Waals surface area (Å²) in [5.74, 6) is 0. The lowest BCUT2D eigenvalue weighted by molar-refractivity contribution is 0.545. The van der Waals surface area contributed by atoms with E-state index < -0.39 is 0 Å². The van der Waals surface area contributed by atoms with E-state index in [1.54, 1.807) is 0 Å². The van der Waals surface area contributed by atoms with Gasteiger partial charge in [0, 0.05) is 17.4 Å². The van der Waals surface area contributed by atoms with E-state index >= 15 is 0 Å². The van der Waals surface area contributed by atoms with Gasteiger partial charge in [0.05, 0.1) is 10.0 Å². The summed E-state index contributed by atoms with van der Waals surface area (Å²) in [7, 11) is 0. The third-order valence-electron chi connectivity index (χ3n) is 3.52. The minimum Gasteiger partial charge on any atom is -0.310 e. The molecule has 2 aromatic rings. The van der Waals surface area contributed by atoms with Crippen LogP contribution in [0.4, 0.5) is 0 Å². The van der Waals surface area contributed by atoms with E-state index in [2.05, 4.69) is 36.3 Å². The predicted molar refractivity (Wildman–Crippen MR) is 90.3 cm³/mol. The first-order valence-electron chi connectivity index (χ1n) is 7.12. The lowest BCUT2D eigenvalue weighted by Crippen LogP contribution is -2.24. The van der Waals surface area contributed by atoms with Crippen LogP contribution in [0.2, 0.25) is 10.0 Å². The molecule has 21 heavy (non-hydrogen) atoms. The van der Waals surface area contributed by atoms with Crippen molar-refractivity contribution in [3.05, 3.63) is 62.9 Å². The molecule has 0 aliphatic heterocycles. The molecule has 1 aromatic carbocycles. The molecule has 0 saturated carbocycles. The molecular formula is C17H20Cl2N2. The van der Waals surface area contributed by atoms with E-state index in [-0.39, 0.29) is 6.04 Å². The summed E-state index contributed by atoms with van der Waals surface area (Å²) in [5.41, 5.74) is 4.51. The highest BCUT2D eigenvalue weighted by molar-refractivity contribution is 6.42. The first-order valence-corrected chi connectivity index (χ1v) is 7.88. The van der Waals surface area contributed by atoms with E-state index in [0.717, 1.165) is 29.9 Å². The molecule has 4 heteroatoms. The van der Waals surface area contributed by atoms with Crippen LogP contribution in [0.25, 0.3) is 0 Å². The highest BCUT2D eigenvalue weighted by atomic mass is 35.5. The Morgan fingerprint density at radius 1 is 1.10 bits per heavy atom. The number of benzene rings is 1. The lowest BCUT2D eigenvalue weighted by atomic mass is 9.97. The van der Waals surface area contributed by atoms with Crippen molar-refractivity contribution in [2.45, 2.75) is 33.2 Å². The molecule has 1 aromatic heterocycles. The molecule has 112 valence electrons. The largest absolute Gasteiger partial charge is 0.310 e. The summed E-state index contributed by atoms with van der Waals surface area (Å²) in [6.07, 6.45) is 0.857. The second-order valence-corrected chi connectivity index (χ2v) is 6.00. The summed E-state index contributed by atoms with van der Waals surface area (Å²) in [6.45, 7) is 7.08. The molecule has 0 aliphatic rings. The van der Waals surface area contributed by atoms with E-state index in [0.29, 0.717) is 10.0 Å². The van der Waals surface area contributed by atoms with Crippen LogP contribution < -0.4 is 5.32 Å². The summed E-state index contributed by atoms with van der Waals surface area (Å²) in [5, 5.41) is 4.72. The smallest absolute Gasteiger partial charge is 0.0595 e. The van der Waals surface area contributed by atoms with Crippen molar-refractivity contribution in [1.29, 1.82) is 0 Å². The van der Waals surface area contributed by atoms with Crippen LogP contribution in [0.1, 0.15) is 35.5 Å². The van der Waals surface area contributed by atoms with E-state index in [4.69, 9.17) is 23.2 Å². The summed E-state index contributed by atoms with van der Waals surface area (Å²) in [4.78, 5) is 4.56. The molecule has 1 N–H and O–H groups in total. The first kappa shape index (κ1) is 16.3. The number of aryl methyl sites for hydroxylation is 2. The summed E-state index contributed by atoms with van der Waals surface area (Å²) < 4.78 is 0. The van der Waals surface area contributed by atoms with E-state index in [1.807, 2.05) is 25.1 Å². The van der Waals surface area contributed by atoms with Gasteiger partial charge in [-0.25, -0.2) is 0 Å². The Balaban J connectivity index is 2.28. The van der Waals surface area contributed by atoms with Gasteiger partial charge in [0.15, 0.2) is 0 Å². The molecule has 0 amide bonds. The highest BCUT2D eigenvalue weighted by Crippen LogP contribution is 2.26. The van der Waals surface area contributed by atoms with Crippen molar-refractivity contribution in [2.24, 2.45) is 0 Å². The quantitative estimate of drug-likeness (QED) is 0.846. The minimum absolute atomic E-state index is 0.223. The number of rotatable bonds is 5. The SMILES string of the molecule is CCNC(Cc1ccc(Cl)c(Cl)c1)c1ccc(C)nc1C. The molecule has 0 aliphatic carbocycles. The van der Waals surface area contributed by atoms with Crippen LogP contribution >= 0.6 is 23.2 Å². The molecule has 0 bridgehead atoms. The average molecular weight is 323 g/mol. The van der Waals surface area contributed by atoms with Gasteiger partial charge >= 0.3 is 0 Å². The topological polar surface area (TPSA) is 24.9 Å². The Kier molecular flexibility index (Phi) is 5.63. The maximum absolute atomic E-state index is 6.11. The number of pyridine rings is 1. The highest BCUT2D eigenvalue weighted by Gasteiger charge is 2.15. The third-order valence-corrected chi connectivity index (χ3v) is 4.25.